The number of rotatable bonds is 5. The molecule has 0 radical (unpaired) electrons. The van der Waals surface area contributed by atoms with Gasteiger partial charge >= 0.3 is 0 Å². The number of fused-ring (bicyclic) bond motifs is 1. The van der Waals surface area contributed by atoms with E-state index in [0.717, 1.165) is 54.2 Å². The molecule has 0 aliphatic carbocycles. The molecule has 5 rings (SSSR count). The highest BCUT2D eigenvalue weighted by atomic mass is 16.9. The van der Waals surface area contributed by atoms with E-state index in [1.165, 1.54) is 0 Å². The third kappa shape index (κ3) is 3.98. The van der Waals surface area contributed by atoms with Crippen LogP contribution in [0.3, 0.4) is 0 Å². The summed E-state index contributed by atoms with van der Waals surface area (Å²) < 4.78 is 13.4. The normalized spacial score (nSPS) is 22.5. The summed E-state index contributed by atoms with van der Waals surface area (Å²) in [6, 6.07) is 10.0. The van der Waals surface area contributed by atoms with Gasteiger partial charge in [-0.05, 0) is 57.4 Å². The molecule has 0 unspecified atom stereocenters. The zero-order valence-electron chi connectivity index (χ0n) is 18.2. The number of para-hydroxylation sites is 1. The van der Waals surface area contributed by atoms with Gasteiger partial charge in [0, 0.05) is 24.8 Å². The van der Waals surface area contributed by atoms with Crippen LogP contribution < -0.4 is 5.32 Å². The number of nitrogens with one attached hydrogen (secondary N) is 1. The quantitative estimate of drug-likeness (QED) is 0.651. The van der Waals surface area contributed by atoms with E-state index in [0.29, 0.717) is 18.3 Å². The van der Waals surface area contributed by atoms with Crippen LogP contribution in [0.25, 0.3) is 11.0 Å². The zero-order valence-corrected chi connectivity index (χ0v) is 18.2. The fourth-order valence-corrected chi connectivity index (χ4v) is 4.37. The SMILES string of the molecule is Cc1ccc(O)c(Cn2c(NC3CCN(C4OC(C)O4)CC3)nc3c(C)cccc32)n1. The van der Waals surface area contributed by atoms with Gasteiger partial charge < -0.3 is 24.5 Å². The minimum absolute atomic E-state index is 0.101. The van der Waals surface area contributed by atoms with E-state index in [-0.39, 0.29) is 18.5 Å². The van der Waals surface area contributed by atoms with Crippen molar-refractivity contribution in [1.82, 2.24) is 19.4 Å². The van der Waals surface area contributed by atoms with Crippen molar-refractivity contribution in [2.75, 3.05) is 18.4 Å². The monoisotopic (exact) mass is 423 g/mol. The Morgan fingerprint density at radius 2 is 1.87 bits per heavy atom. The van der Waals surface area contributed by atoms with E-state index < -0.39 is 0 Å². The van der Waals surface area contributed by atoms with Gasteiger partial charge in [0.15, 0.2) is 6.29 Å². The van der Waals surface area contributed by atoms with Crippen molar-refractivity contribution in [3.8, 4) is 5.75 Å². The highest BCUT2D eigenvalue weighted by Gasteiger charge is 2.35. The molecular formula is C23H29N5O3. The molecule has 8 nitrogen and oxygen atoms in total. The summed E-state index contributed by atoms with van der Waals surface area (Å²) in [6.45, 7) is 8.20. The lowest BCUT2D eigenvalue weighted by Gasteiger charge is -2.43. The maximum Gasteiger partial charge on any atom is 0.223 e. The summed E-state index contributed by atoms with van der Waals surface area (Å²) in [5, 5.41) is 14.0. The first-order valence-electron chi connectivity index (χ1n) is 10.9. The van der Waals surface area contributed by atoms with Crippen LogP contribution in [0.4, 0.5) is 5.95 Å². The summed E-state index contributed by atoms with van der Waals surface area (Å²) in [4.78, 5) is 11.7. The van der Waals surface area contributed by atoms with E-state index in [2.05, 4.69) is 38.8 Å². The molecule has 1 aromatic carbocycles. The number of aryl methyl sites for hydroxylation is 2. The fraction of sp³-hybridized carbons (Fsp3) is 0.478. The first-order valence-corrected chi connectivity index (χ1v) is 10.9. The summed E-state index contributed by atoms with van der Waals surface area (Å²) in [5.41, 5.74) is 4.66. The number of aromatic hydroxyl groups is 1. The minimum Gasteiger partial charge on any atom is -0.506 e. The summed E-state index contributed by atoms with van der Waals surface area (Å²) in [7, 11) is 0. The van der Waals surface area contributed by atoms with Crippen LogP contribution in [0.1, 0.15) is 36.7 Å². The molecule has 0 saturated carbocycles. The lowest BCUT2D eigenvalue weighted by Crippen LogP contribution is -2.54. The molecule has 0 bridgehead atoms. The number of piperidine rings is 1. The van der Waals surface area contributed by atoms with E-state index in [1.807, 2.05) is 26.0 Å². The largest absolute Gasteiger partial charge is 0.506 e. The van der Waals surface area contributed by atoms with Crippen LogP contribution >= 0.6 is 0 Å². The smallest absolute Gasteiger partial charge is 0.223 e. The van der Waals surface area contributed by atoms with Crippen molar-refractivity contribution in [1.29, 1.82) is 0 Å². The predicted molar refractivity (Wildman–Crippen MR) is 118 cm³/mol. The molecule has 31 heavy (non-hydrogen) atoms. The molecule has 2 aromatic heterocycles. The molecule has 164 valence electrons. The average molecular weight is 424 g/mol. The van der Waals surface area contributed by atoms with Crippen molar-refractivity contribution >= 4 is 17.0 Å². The molecule has 2 aliphatic rings. The fourth-order valence-electron chi connectivity index (χ4n) is 4.37. The maximum absolute atomic E-state index is 10.4. The average Bonchev–Trinajstić information content (AvgIpc) is 3.08. The number of likely N-dealkylation sites (tertiary alicyclic amines) is 1. The van der Waals surface area contributed by atoms with Crippen LogP contribution in [-0.2, 0) is 16.0 Å². The number of hydrogen-bond acceptors (Lipinski definition) is 7. The van der Waals surface area contributed by atoms with Crippen molar-refractivity contribution in [3.05, 3.63) is 47.3 Å². The maximum atomic E-state index is 10.4. The molecule has 2 saturated heterocycles. The Kier molecular flexibility index (Phi) is 5.29. The molecule has 4 heterocycles. The molecule has 2 fully saturated rings. The Morgan fingerprint density at radius 3 is 2.61 bits per heavy atom. The lowest BCUT2D eigenvalue weighted by molar-refractivity contribution is -0.423. The molecule has 0 atom stereocenters. The van der Waals surface area contributed by atoms with Crippen LogP contribution in [0.5, 0.6) is 5.75 Å². The van der Waals surface area contributed by atoms with Gasteiger partial charge in [-0.25, -0.2) is 4.98 Å². The molecule has 2 aliphatic heterocycles. The predicted octanol–water partition coefficient (Wildman–Crippen LogP) is 3.35. The zero-order chi connectivity index (χ0) is 21.5. The van der Waals surface area contributed by atoms with E-state index in [9.17, 15) is 5.11 Å². The second-order valence-corrected chi connectivity index (χ2v) is 8.48. The van der Waals surface area contributed by atoms with Gasteiger partial charge in [0.2, 0.25) is 12.4 Å². The molecule has 0 amide bonds. The summed E-state index contributed by atoms with van der Waals surface area (Å²) in [5.74, 6) is 1.02. The number of benzene rings is 1. The number of nitrogens with zero attached hydrogens (tertiary/aromatic N) is 4. The lowest BCUT2D eigenvalue weighted by atomic mass is 10.1. The van der Waals surface area contributed by atoms with Crippen LogP contribution in [0, 0.1) is 13.8 Å². The van der Waals surface area contributed by atoms with Gasteiger partial charge in [0.25, 0.3) is 0 Å². The van der Waals surface area contributed by atoms with E-state index in [4.69, 9.17) is 14.5 Å². The van der Waals surface area contributed by atoms with Gasteiger partial charge in [-0.15, -0.1) is 0 Å². The molecular weight excluding hydrogens is 394 g/mol. The van der Waals surface area contributed by atoms with Gasteiger partial charge in [0.05, 0.1) is 17.6 Å². The van der Waals surface area contributed by atoms with Gasteiger partial charge in [-0.3, -0.25) is 9.88 Å². The van der Waals surface area contributed by atoms with Crippen molar-refractivity contribution < 1.29 is 14.6 Å². The van der Waals surface area contributed by atoms with Crippen LogP contribution in [0.2, 0.25) is 0 Å². The summed E-state index contributed by atoms with van der Waals surface area (Å²) >= 11 is 0. The Hall–Kier alpha value is -2.68. The molecule has 3 aromatic rings. The number of ether oxygens (including phenoxy) is 2. The Balaban J connectivity index is 1.39. The first kappa shape index (κ1) is 20.2. The Labute approximate surface area is 181 Å². The minimum atomic E-state index is -0.196. The van der Waals surface area contributed by atoms with Crippen molar-refractivity contribution in [3.63, 3.8) is 0 Å². The van der Waals surface area contributed by atoms with Crippen LogP contribution in [-0.4, -0.2) is 56.4 Å². The van der Waals surface area contributed by atoms with Gasteiger partial charge in [-0.1, -0.05) is 12.1 Å². The number of aromatic nitrogens is 3. The first-order chi connectivity index (χ1) is 15.0. The highest BCUT2D eigenvalue weighted by molar-refractivity contribution is 5.82. The second-order valence-electron chi connectivity index (χ2n) is 8.48. The Morgan fingerprint density at radius 1 is 1.10 bits per heavy atom. The third-order valence-corrected chi connectivity index (χ3v) is 6.15. The number of hydrogen-bond donors (Lipinski definition) is 2. The number of imidazole rings is 1. The molecule has 2 N–H and O–H groups in total. The standard InChI is InChI=1S/C23H29N5O3/c1-14-5-4-6-19-21(14)26-22(28(19)13-18-20(29)8-7-15(2)24-18)25-17-9-11-27(12-10-17)23-30-16(3)31-23/h4-8,16-17,23,29H,9-13H2,1-3H3,(H,25,26). The van der Waals surface area contributed by atoms with Crippen molar-refractivity contribution in [2.45, 2.75) is 58.9 Å². The summed E-state index contributed by atoms with van der Waals surface area (Å²) in [6.07, 6.45) is 1.66. The highest BCUT2D eigenvalue weighted by Crippen LogP contribution is 2.28. The Bertz CT molecular complexity index is 1080. The van der Waals surface area contributed by atoms with Crippen LogP contribution in [0.15, 0.2) is 30.3 Å². The van der Waals surface area contributed by atoms with E-state index >= 15 is 0 Å². The third-order valence-electron chi connectivity index (χ3n) is 6.15. The van der Waals surface area contributed by atoms with E-state index in [1.54, 1.807) is 6.07 Å². The second kappa shape index (κ2) is 8.11. The number of anilines is 1. The number of pyridine rings is 1. The molecule has 8 heteroatoms. The topological polar surface area (TPSA) is 84.7 Å². The van der Waals surface area contributed by atoms with Gasteiger partial charge in [-0.2, -0.15) is 0 Å². The van der Waals surface area contributed by atoms with Crippen molar-refractivity contribution in [2.24, 2.45) is 0 Å². The molecule has 0 spiro atoms. The van der Waals surface area contributed by atoms with Gasteiger partial charge in [0.1, 0.15) is 11.4 Å².